The summed E-state index contributed by atoms with van der Waals surface area (Å²) in [5.41, 5.74) is -5.22. The van der Waals surface area contributed by atoms with Crippen molar-refractivity contribution in [3.63, 3.8) is 0 Å². The van der Waals surface area contributed by atoms with Crippen LogP contribution in [0.15, 0.2) is 18.2 Å². The van der Waals surface area contributed by atoms with Crippen molar-refractivity contribution in [3.8, 4) is 0 Å². The van der Waals surface area contributed by atoms with Gasteiger partial charge in [0.15, 0.2) is 0 Å². The zero-order chi connectivity index (χ0) is 20.9. The Kier molecular flexibility index (Phi) is 5.99. The summed E-state index contributed by atoms with van der Waals surface area (Å²) in [6.07, 6.45) is -10.1. The highest BCUT2D eigenvalue weighted by Crippen LogP contribution is 2.52. The Labute approximate surface area is 154 Å². The van der Waals surface area contributed by atoms with Crippen LogP contribution in [-0.4, -0.2) is 49.8 Å². The Morgan fingerprint density at radius 2 is 1.07 bits per heavy atom. The first-order valence-electron chi connectivity index (χ1n) is 7.66. The van der Waals surface area contributed by atoms with Crippen molar-refractivity contribution in [2.24, 2.45) is 0 Å². The maximum absolute atomic E-state index is 13.1. The SMILES string of the molecule is CP(C)C1C(=O)N(c2cc(C(F)(F)F)cc(C(F)(F)F)c2)C(=O)C1P(C)C. The van der Waals surface area contributed by atoms with Crippen LogP contribution in [-0.2, 0) is 21.9 Å². The molecule has 150 valence electrons. The number of carbonyl (C=O) groups is 2. The zero-order valence-electron chi connectivity index (χ0n) is 14.8. The summed E-state index contributed by atoms with van der Waals surface area (Å²) >= 11 is 0. The number of halogens is 6. The lowest BCUT2D eigenvalue weighted by Gasteiger charge is -2.21. The maximum atomic E-state index is 13.1. The predicted octanol–water partition coefficient (Wildman–Crippen LogP) is 4.82. The van der Waals surface area contributed by atoms with Crippen LogP contribution >= 0.6 is 15.8 Å². The highest BCUT2D eigenvalue weighted by atomic mass is 31.1. The molecule has 1 aliphatic heterocycles. The molecule has 11 heteroatoms. The Morgan fingerprint density at radius 3 is 1.33 bits per heavy atom. The second-order valence-electron chi connectivity index (χ2n) is 6.59. The van der Waals surface area contributed by atoms with Crippen molar-refractivity contribution in [3.05, 3.63) is 29.3 Å². The molecule has 2 unspecified atom stereocenters. The number of anilines is 1. The minimum absolute atomic E-state index is 0.0253. The van der Waals surface area contributed by atoms with Gasteiger partial charge in [0.25, 0.3) is 0 Å². The third-order valence-electron chi connectivity index (χ3n) is 4.19. The average Bonchev–Trinajstić information content (AvgIpc) is 2.76. The third-order valence-corrected chi connectivity index (χ3v) is 7.69. The van der Waals surface area contributed by atoms with Crippen LogP contribution < -0.4 is 4.90 Å². The lowest BCUT2D eigenvalue weighted by molar-refractivity contribution is -0.143. The quantitative estimate of drug-likeness (QED) is 0.391. The summed E-state index contributed by atoms with van der Waals surface area (Å²) in [5.74, 6) is -1.46. The van der Waals surface area contributed by atoms with E-state index >= 15 is 0 Å². The van der Waals surface area contributed by atoms with Crippen LogP contribution in [0.1, 0.15) is 11.1 Å². The molecule has 2 rings (SSSR count). The van der Waals surface area contributed by atoms with Crippen LogP contribution in [0.2, 0.25) is 0 Å². The number of alkyl halides is 6. The zero-order valence-corrected chi connectivity index (χ0v) is 16.6. The fourth-order valence-electron chi connectivity index (χ4n) is 2.97. The second kappa shape index (κ2) is 7.32. The Morgan fingerprint density at radius 1 is 0.741 bits per heavy atom. The van der Waals surface area contributed by atoms with Gasteiger partial charge in [-0.1, -0.05) is 15.8 Å². The molecule has 0 bridgehead atoms. The van der Waals surface area contributed by atoms with Gasteiger partial charge in [-0.3, -0.25) is 9.59 Å². The van der Waals surface area contributed by atoms with Crippen molar-refractivity contribution < 1.29 is 35.9 Å². The summed E-state index contributed by atoms with van der Waals surface area (Å²) in [4.78, 5) is 26.0. The van der Waals surface area contributed by atoms with Crippen LogP contribution in [0, 0.1) is 0 Å². The number of amides is 2. The average molecular weight is 431 g/mol. The fraction of sp³-hybridized carbons (Fsp3) is 0.500. The van der Waals surface area contributed by atoms with Gasteiger partial charge < -0.3 is 0 Å². The van der Waals surface area contributed by atoms with E-state index in [4.69, 9.17) is 0 Å². The van der Waals surface area contributed by atoms with Crippen molar-refractivity contribution >= 4 is 33.3 Å². The molecular formula is C16H17F6NO2P2. The number of hydrogen-bond donors (Lipinski definition) is 0. The van der Waals surface area contributed by atoms with E-state index in [-0.39, 0.29) is 6.07 Å². The molecule has 27 heavy (non-hydrogen) atoms. The van der Waals surface area contributed by atoms with Crippen molar-refractivity contribution in [1.29, 1.82) is 0 Å². The molecule has 0 N–H and O–H groups in total. The topological polar surface area (TPSA) is 37.4 Å². The molecule has 1 heterocycles. The molecule has 2 atom stereocenters. The molecule has 0 aromatic heterocycles. The van der Waals surface area contributed by atoms with Gasteiger partial charge in [0.2, 0.25) is 11.8 Å². The van der Waals surface area contributed by atoms with E-state index in [0.29, 0.717) is 17.0 Å². The van der Waals surface area contributed by atoms with E-state index < -0.39 is 68.1 Å². The van der Waals surface area contributed by atoms with Gasteiger partial charge in [0.1, 0.15) is 0 Å². The van der Waals surface area contributed by atoms with Gasteiger partial charge in [0, 0.05) is 0 Å². The van der Waals surface area contributed by atoms with Gasteiger partial charge in [-0.2, -0.15) is 26.3 Å². The largest absolute Gasteiger partial charge is 0.416 e. The molecule has 1 aromatic rings. The molecule has 1 saturated heterocycles. The van der Waals surface area contributed by atoms with Crippen LogP contribution in [0.3, 0.4) is 0 Å². The monoisotopic (exact) mass is 431 g/mol. The maximum Gasteiger partial charge on any atom is 0.416 e. The highest BCUT2D eigenvalue weighted by Gasteiger charge is 2.51. The summed E-state index contributed by atoms with van der Waals surface area (Å²) < 4.78 is 78.5. The minimum Gasteiger partial charge on any atom is -0.273 e. The van der Waals surface area contributed by atoms with Crippen LogP contribution in [0.5, 0.6) is 0 Å². The van der Waals surface area contributed by atoms with E-state index in [0.717, 1.165) is 0 Å². The molecule has 0 saturated carbocycles. The molecule has 1 aliphatic rings. The molecule has 1 aromatic carbocycles. The number of hydrogen-bond acceptors (Lipinski definition) is 2. The molecule has 0 radical (unpaired) electrons. The fourth-order valence-corrected chi connectivity index (χ4v) is 7.07. The molecule has 3 nitrogen and oxygen atoms in total. The van der Waals surface area contributed by atoms with E-state index in [1.807, 2.05) is 0 Å². The van der Waals surface area contributed by atoms with Gasteiger partial charge >= 0.3 is 12.4 Å². The number of benzene rings is 1. The summed E-state index contributed by atoms with van der Waals surface area (Å²) in [7, 11) is -1.91. The number of nitrogens with zero attached hydrogens (tertiary/aromatic N) is 1. The van der Waals surface area contributed by atoms with Gasteiger partial charge in [-0.15, -0.1) is 0 Å². The van der Waals surface area contributed by atoms with Crippen molar-refractivity contribution in [1.82, 2.24) is 0 Å². The van der Waals surface area contributed by atoms with E-state index in [1.165, 1.54) is 0 Å². The molecule has 0 spiro atoms. The smallest absolute Gasteiger partial charge is 0.273 e. The minimum atomic E-state index is -5.05. The van der Waals surface area contributed by atoms with Gasteiger partial charge in [-0.25, -0.2) is 4.90 Å². The number of imide groups is 1. The Hall–Kier alpha value is -1.20. The van der Waals surface area contributed by atoms with Gasteiger partial charge in [-0.05, 0) is 44.9 Å². The first-order chi connectivity index (χ1) is 12.2. The lowest BCUT2D eigenvalue weighted by atomic mass is 10.1. The standard InChI is InChI=1S/C16H17F6NO2P2/c1-26(2)11-12(27(3)4)14(25)23(13(11)24)10-6-8(15(17,18)19)5-9(7-10)16(20,21)22/h5-7,11-12H,1-4H3. The summed E-state index contributed by atoms with van der Waals surface area (Å²) in [6, 6.07) is 0.819. The molecule has 2 amide bonds. The molecule has 0 aliphatic carbocycles. The van der Waals surface area contributed by atoms with E-state index in [2.05, 4.69) is 0 Å². The lowest BCUT2D eigenvalue weighted by Crippen LogP contribution is -2.32. The predicted molar refractivity (Wildman–Crippen MR) is 94.1 cm³/mol. The summed E-state index contributed by atoms with van der Waals surface area (Å²) in [5, 5.41) is 0. The Balaban J connectivity index is 2.66. The van der Waals surface area contributed by atoms with Crippen LogP contribution in [0.4, 0.5) is 32.0 Å². The first kappa shape index (κ1) is 22.1. The first-order valence-corrected chi connectivity index (χ1v) is 12.3. The molecular weight excluding hydrogens is 414 g/mol. The Bertz CT molecular complexity index is 702. The highest BCUT2D eigenvalue weighted by molar-refractivity contribution is 7.63. The number of rotatable bonds is 3. The third kappa shape index (κ3) is 4.29. The normalized spacial score (nSPS) is 21.7. The number of carbonyl (C=O) groups excluding carboxylic acids is 2. The molecule has 1 fully saturated rings. The summed E-state index contributed by atoms with van der Waals surface area (Å²) in [6.45, 7) is 7.03. The van der Waals surface area contributed by atoms with Crippen molar-refractivity contribution in [2.75, 3.05) is 31.6 Å². The van der Waals surface area contributed by atoms with Crippen LogP contribution in [0.25, 0.3) is 0 Å². The van der Waals surface area contributed by atoms with Gasteiger partial charge in [0.05, 0.1) is 28.1 Å². The van der Waals surface area contributed by atoms with E-state index in [9.17, 15) is 35.9 Å². The van der Waals surface area contributed by atoms with E-state index in [1.54, 1.807) is 26.7 Å². The van der Waals surface area contributed by atoms with Crippen molar-refractivity contribution in [2.45, 2.75) is 23.7 Å². The second-order valence-corrected chi connectivity index (χ2v) is 11.6.